The summed E-state index contributed by atoms with van der Waals surface area (Å²) in [6.45, 7) is 8.37. The van der Waals surface area contributed by atoms with Crippen LogP contribution in [-0.4, -0.2) is 31.1 Å². The molecule has 0 aromatic heterocycles. The third-order valence-electron chi connectivity index (χ3n) is 4.48. The molecule has 0 bridgehead atoms. The summed E-state index contributed by atoms with van der Waals surface area (Å²) in [5.41, 5.74) is 7.56. The molecule has 1 heterocycles. The van der Waals surface area contributed by atoms with Gasteiger partial charge >= 0.3 is 0 Å². The topological polar surface area (TPSA) is 38.5 Å². The number of nitrogens with zero attached hydrogens (tertiary/aromatic N) is 1. The van der Waals surface area contributed by atoms with E-state index in [4.69, 9.17) is 10.5 Å². The van der Waals surface area contributed by atoms with E-state index in [2.05, 4.69) is 24.0 Å². The Labute approximate surface area is 129 Å². The normalized spacial score (nSPS) is 18.6. The van der Waals surface area contributed by atoms with Gasteiger partial charge in [-0.1, -0.05) is 31.9 Å². The second kappa shape index (κ2) is 8.40. The molecule has 2 N–H and O–H groups in total. The summed E-state index contributed by atoms with van der Waals surface area (Å²) in [6, 6.07) is 8.33. The predicted molar refractivity (Wildman–Crippen MR) is 88.6 cm³/mol. The van der Waals surface area contributed by atoms with Crippen molar-refractivity contribution in [1.29, 1.82) is 0 Å². The number of nitrogens with two attached hydrogens (primary N) is 1. The minimum Gasteiger partial charge on any atom is -0.494 e. The van der Waals surface area contributed by atoms with Crippen LogP contribution in [0.25, 0.3) is 0 Å². The zero-order valence-electron chi connectivity index (χ0n) is 13.6. The highest BCUT2D eigenvalue weighted by molar-refractivity contribution is 5.29. The summed E-state index contributed by atoms with van der Waals surface area (Å²) in [5, 5.41) is 0. The van der Waals surface area contributed by atoms with Crippen molar-refractivity contribution in [2.24, 2.45) is 11.7 Å². The maximum Gasteiger partial charge on any atom is 0.119 e. The fourth-order valence-corrected chi connectivity index (χ4v) is 3.23. The van der Waals surface area contributed by atoms with E-state index in [0.29, 0.717) is 6.61 Å². The fourth-order valence-electron chi connectivity index (χ4n) is 3.23. The zero-order valence-corrected chi connectivity index (χ0v) is 13.6. The summed E-state index contributed by atoms with van der Waals surface area (Å²) in [7, 11) is 0. The van der Waals surface area contributed by atoms with E-state index >= 15 is 0 Å². The minimum absolute atomic E-state index is 0.100. The molecule has 118 valence electrons. The van der Waals surface area contributed by atoms with Crippen molar-refractivity contribution >= 4 is 0 Å². The summed E-state index contributed by atoms with van der Waals surface area (Å²) >= 11 is 0. The highest BCUT2D eigenvalue weighted by Crippen LogP contribution is 2.23. The largest absolute Gasteiger partial charge is 0.494 e. The number of ether oxygens (including phenoxy) is 1. The standard InChI is InChI=1S/C18H30N2O/c1-3-5-15-10-12-20(13-11-15)14-18(19)16-6-8-17(9-7-16)21-4-2/h6-9,15,18H,3-5,10-14,19H2,1-2H3. The molecule has 1 unspecified atom stereocenters. The molecule has 0 saturated carbocycles. The van der Waals surface area contributed by atoms with Gasteiger partial charge in [0.1, 0.15) is 5.75 Å². The summed E-state index contributed by atoms with van der Waals surface area (Å²) in [6.07, 6.45) is 5.38. The van der Waals surface area contributed by atoms with E-state index in [-0.39, 0.29) is 6.04 Å². The van der Waals surface area contributed by atoms with E-state index in [0.717, 1.165) is 18.2 Å². The van der Waals surface area contributed by atoms with Crippen molar-refractivity contribution < 1.29 is 4.74 Å². The van der Waals surface area contributed by atoms with Crippen LogP contribution in [0.2, 0.25) is 0 Å². The molecule has 1 aromatic carbocycles. The Morgan fingerprint density at radius 1 is 1.19 bits per heavy atom. The Bertz CT molecular complexity index is 396. The van der Waals surface area contributed by atoms with Crippen molar-refractivity contribution in [2.45, 2.75) is 45.6 Å². The lowest BCUT2D eigenvalue weighted by Crippen LogP contribution is -2.38. The Balaban J connectivity index is 1.80. The summed E-state index contributed by atoms with van der Waals surface area (Å²) in [5.74, 6) is 1.86. The molecule has 21 heavy (non-hydrogen) atoms. The van der Waals surface area contributed by atoms with Crippen LogP contribution in [0.4, 0.5) is 0 Å². The van der Waals surface area contributed by atoms with Gasteiger partial charge in [-0.15, -0.1) is 0 Å². The first-order valence-corrected chi connectivity index (χ1v) is 8.43. The van der Waals surface area contributed by atoms with Crippen LogP contribution in [0.1, 0.15) is 51.1 Å². The molecule has 0 aliphatic carbocycles. The molecule has 0 radical (unpaired) electrons. The number of benzene rings is 1. The van der Waals surface area contributed by atoms with Crippen LogP contribution in [0.5, 0.6) is 5.75 Å². The molecule has 1 fully saturated rings. The van der Waals surface area contributed by atoms with Gasteiger partial charge in [0.25, 0.3) is 0 Å². The third-order valence-corrected chi connectivity index (χ3v) is 4.48. The van der Waals surface area contributed by atoms with Gasteiger partial charge in [0.05, 0.1) is 6.61 Å². The van der Waals surface area contributed by atoms with Crippen LogP contribution in [-0.2, 0) is 0 Å². The first-order valence-electron chi connectivity index (χ1n) is 8.43. The van der Waals surface area contributed by atoms with Crippen LogP contribution in [0.3, 0.4) is 0 Å². The number of piperidine rings is 1. The predicted octanol–water partition coefficient (Wildman–Crippen LogP) is 3.60. The lowest BCUT2D eigenvalue weighted by Gasteiger charge is -2.33. The monoisotopic (exact) mass is 290 g/mol. The molecule has 1 aromatic rings. The van der Waals surface area contributed by atoms with Gasteiger partial charge < -0.3 is 15.4 Å². The molecular weight excluding hydrogens is 260 g/mol. The summed E-state index contributed by atoms with van der Waals surface area (Å²) in [4.78, 5) is 2.52. The smallest absolute Gasteiger partial charge is 0.119 e. The Morgan fingerprint density at radius 3 is 2.43 bits per heavy atom. The zero-order chi connectivity index (χ0) is 15.1. The Morgan fingerprint density at radius 2 is 1.86 bits per heavy atom. The SMILES string of the molecule is CCCC1CCN(CC(N)c2ccc(OCC)cc2)CC1. The quantitative estimate of drug-likeness (QED) is 0.834. The number of likely N-dealkylation sites (tertiary alicyclic amines) is 1. The molecule has 3 heteroatoms. The van der Waals surface area contributed by atoms with E-state index in [9.17, 15) is 0 Å². The molecule has 1 atom stereocenters. The maximum atomic E-state index is 6.36. The van der Waals surface area contributed by atoms with Crippen LogP contribution < -0.4 is 10.5 Å². The number of hydrogen-bond donors (Lipinski definition) is 1. The average molecular weight is 290 g/mol. The van der Waals surface area contributed by atoms with E-state index < -0.39 is 0 Å². The minimum atomic E-state index is 0.100. The van der Waals surface area contributed by atoms with Crippen molar-refractivity contribution in [3.63, 3.8) is 0 Å². The maximum absolute atomic E-state index is 6.36. The first-order chi connectivity index (χ1) is 10.2. The van der Waals surface area contributed by atoms with E-state index in [1.807, 2.05) is 19.1 Å². The second-order valence-corrected chi connectivity index (χ2v) is 6.14. The molecular formula is C18H30N2O. The average Bonchev–Trinajstić information content (AvgIpc) is 2.50. The highest BCUT2D eigenvalue weighted by atomic mass is 16.5. The Hall–Kier alpha value is -1.06. The van der Waals surface area contributed by atoms with Gasteiger partial charge in [0.2, 0.25) is 0 Å². The summed E-state index contributed by atoms with van der Waals surface area (Å²) < 4.78 is 5.47. The second-order valence-electron chi connectivity index (χ2n) is 6.14. The Kier molecular flexibility index (Phi) is 6.52. The lowest BCUT2D eigenvalue weighted by atomic mass is 9.92. The molecule has 1 aliphatic rings. The lowest BCUT2D eigenvalue weighted by molar-refractivity contribution is 0.170. The van der Waals surface area contributed by atoms with Crippen molar-refractivity contribution in [3.8, 4) is 5.75 Å². The number of rotatable bonds is 7. The molecule has 1 aliphatic heterocycles. The van der Waals surface area contributed by atoms with Crippen molar-refractivity contribution in [3.05, 3.63) is 29.8 Å². The van der Waals surface area contributed by atoms with Gasteiger partial charge in [-0.3, -0.25) is 0 Å². The van der Waals surface area contributed by atoms with E-state index in [1.165, 1.54) is 44.3 Å². The first kappa shape index (κ1) is 16.3. The molecule has 0 amide bonds. The molecule has 1 saturated heterocycles. The third kappa shape index (κ3) is 5.01. The van der Waals surface area contributed by atoms with Crippen molar-refractivity contribution in [2.75, 3.05) is 26.2 Å². The van der Waals surface area contributed by atoms with Gasteiger partial charge in [0.15, 0.2) is 0 Å². The molecule has 2 rings (SSSR count). The van der Waals surface area contributed by atoms with Gasteiger partial charge in [-0.2, -0.15) is 0 Å². The van der Waals surface area contributed by atoms with Gasteiger partial charge in [-0.25, -0.2) is 0 Å². The van der Waals surface area contributed by atoms with Gasteiger partial charge in [0, 0.05) is 12.6 Å². The van der Waals surface area contributed by atoms with Crippen molar-refractivity contribution in [1.82, 2.24) is 4.90 Å². The fraction of sp³-hybridized carbons (Fsp3) is 0.667. The molecule has 3 nitrogen and oxygen atoms in total. The number of hydrogen-bond acceptors (Lipinski definition) is 3. The van der Waals surface area contributed by atoms with Gasteiger partial charge in [-0.05, 0) is 56.5 Å². The highest BCUT2D eigenvalue weighted by Gasteiger charge is 2.20. The van der Waals surface area contributed by atoms with Crippen LogP contribution in [0, 0.1) is 5.92 Å². The van der Waals surface area contributed by atoms with Crippen LogP contribution >= 0.6 is 0 Å². The van der Waals surface area contributed by atoms with Crippen LogP contribution in [0.15, 0.2) is 24.3 Å². The van der Waals surface area contributed by atoms with E-state index in [1.54, 1.807) is 0 Å². The molecule has 0 spiro atoms.